The third kappa shape index (κ3) is 5.57. The molecule has 0 aliphatic heterocycles. The lowest BCUT2D eigenvalue weighted by Crippen LogP contribution is -2.33. The molecule has 1 saturated carbocycles. The molecule has 27 heavy (non-hydrogen) atoms. The number of rotatable bonds is 7. The largest absolute Gasteiger partial charge is 0.376 e. The van der Waals surface area contributed by atoms with Crippen LogP contribution in [0, 0.1) is 6.92 Å². The van der Waals surface area contributed by atoms with Gasteiger partial charge in [0.2, 0.25) is 5.91 Å². The van der Waals surface area contributed by atoms with Crippen LogP contribution < -0.4 is 10.6 Å². The standard InChI is InChI=1S/C23H31N3O/c1-18-10-6-8-14-21(18)25-23(27)16-24-22-15-9-7-11-19(22)17-26(2)20-12-4-3-5-13-20/h6-11,14-15,20,24H,3-5,12-13,16-17H2,1-2H3,(H,25,27). The molecule has 0 heterocycles. The number of hydrogen-bond acceptors (Lipinski definition) is 3. The number of nitrogens with zero attached hydrogens (tertiary/aromatic N) is 1. The highest BCUT2D eigenvalue weighted by Crippen LogP contribution is 2.25. The van der Waals surface area contributed by atoms with Crippen LogP contribution in [-0.4, -0.2) is 30.4 Å². The van der Waals surface area contributed by atoms with E-state index < -0.39 is 0 Å². The zero-order valence-electron chi connectivity index (χ0n) is 16.5. The molecule has 4 heteroatoms. The van der Waals surface area contributed by atoms with Crippen LogP contribution in [0.1, 0.15) is 43.2 Å². The van der Waals surface area contributed by atoms with Crippen LogP contribution in [0.5, 0.6) is 0 Å². The molecular formula is C23H31N3O. The Hall–Kier alpha value is -2.33. The van der Waals surface area contributed by atoms with Crippen molar-refractivity contribution in [2.75, 3.05) is 24.2 Å². The van der Waals surface area contributed by atoms with Gasteiger partial charge >= 0.3 is 0 Å². The van der Waals surface area contributed by atoms with Crippen molar-refractivity contribution in [2.24, 2.45) is 0 Å². The summed E-state index contributed by atoms with van der Waals surface area (Å²) in [6, 6.07) is 16.8. The molecule has 2 aromatic rings. The van der Waals surface area contributed by atoms with Crippen molar-refractivity contribution < 1.29 is 4.79 Å². The topological polar surface area (TPSA) is 44.4 Å². The Balaban J connectivity index is 1.57. The summed E-state index contributed by atoms with van der Waals surface area (Å²) in [5.41, 5.74) is 4.23. The van der Waals surface area contributed by atoms with Crippen LogP contribution in [0.15, 0.2) is 48.5 Å². The van der Waals surface area contributed by atoms with E-state index in [-0.39, 0.29) is 12.5 Å². The van der Waals surface area contributed by atoms with E-state index >= 15 is 0 Å². The van der Waals surface area contributed by atoms with E-state index in [1.54, 1.807) is 0 Å². The van der Waals surface area contributed by atoms with Crippen LogP contribution in [0.3, 0.4) is 0 Å². The second kappa shape index (κ2) is 9.56. The van der Waals surface area contributed by atoms with Crippen molar-refractivity contribution in [3.8, 4) is 0 Å². The monoisotopic (exact) mass is 365 g/mol. The minimum absolute atomic E-state index is 0.0280. The molecule has 1 aliphatic rings. The number of benzene rings is 2. The molecule has 144 valence electrons. The molecule has 0 spiro atoms. The summed E-state index contributed by atoms with van der Waals surface area (Å²) in [6.45, 7) is 3.17. The van der Waals surface area contributed by atoms with Gasteiger partial charge in [0.05, 0.1) is 6.54 Å². The van der Waals surface area contributed by atoms with Gasteiger partial charge in [-0.25, -0.2) is 0 Å². The third-order valence-electron chi connectivity index (χ3n) is 5.49. The van der Waals surface area contributed by atoms with Crippen molar-refractivity contribution in [1.82, 2.24) is 4.90 Å². The first-order valence-electron chi connectivity index (χ1n) is 10.0. The van der Waals surface area contributed by atoms with Crippen molar-refractivity contribution in [1.29, 1.82) is 0 Å². The summed E-state index contributed by atoms with van der Waals surface area (Å²) in [4.78, 5) is 14.8. The number of aryl methyl sites for hydroxylation is 1. The molecule has 0 atom stereocenters. The summed E-state index contributed by atoms with van der Waals surface area (Å²) >= 11 is 0. The van der Waals surface area contributed by atoms with Crippen LogP contribution in [-0.2, 0) is 11.3 Å². The molecule has 0 aromatic heterocycles. The number of amides is 1. The second-order valence-electron chi connectivity index (χ2n) is 7.58. The van der Waals surface area contributed by atoms with Crippen LogP contribution in [0.25, 0.3) is 0 Å². The number of nitrogens with one attached hydrogen (secondary N) is 2. The molecule has 2 aromatic carbocycles. The highest BCUT2D eigenvalue weighted by molar-refractivity contribution is 5.94. The van der Waals surface area contributed by atoms with E-state index in [4.69, 9.17) is 0 Å². The van der Waals surface area contributed by atoms with Crippen molar-refractivity contribution in [3.05, 3.63) is 59.7 Å². The number of hydrogen-bond donors (Lipinski definition) is 2. The van der Waals surface area contributed by atoms with E-state index in [2.05, 4.69) is 40.8 Å². The average Bonchev–Trinajstić information content (AvgIpc) is 2.70. The van der Waals surface area contributed by atoms with Gasteiger partial charge in [0.15, 0.2) is 0 Å². The zero-order chi connectivity index (χ0) is 19.1. The normalized spacial score (nSPS) is 14.9. The van der Waals surface area contributed by atoms with Crippen LogP contribution >= 0.6 is 0 Å². The number of para-hydroxylation sites is 2. The predicted molar refractivity (Wildman–Crippen MR) is 113 cm³/mol. The molecule has 1 amide bonds. The summed E-state index contributed by atoms with van der Waals surface area (Å²) in [6.07, 6.45) is 6.65. The Bertz CT molecular complexity index is 753. The lowest BCUT2D eigenvalue weighted by molar-refractivity contribution is -0.114. The third-order valence-corrected chi connectivity index (χ3v) is 5.49. The average molecular weight is 366 g/mol. The summed E-state index contributed by atoms with van der Waals surface area (Å²) in [7, 11) is 2.22. The Labute approximate surface area is 163 Å². The molecule has 0 unspecified atom stereocenters. The van der Waals surface area contributed by atoms with Crippen molar-refractivity contribution >= 4 is 17.3 Å². The van der Waals surface area contributed by atoms with Gasteiger partial charge in [-0.2, -0.15) is 0 Å². The van der Waals surface area contributed by atoms with Crippen molar-refractivity contribution in [2.45, 2.75) is 51.6 Å². The Morgan fingerprint density at radius 1 is 1.00 bits per heavy atom. The first-order chi connectivity index (χ1) is 13.1. The predicted octanol–water partition coefficient (Wildman–Crippen LogP) is 4.81. The highest BCUT2D eigenvalue weighted by atomic mass is 16.1. The number of anilines is 2. The lowest BCUT2D eigenvalue weighted by atomic mass is 9.94. The maximum Gasteiger partial charge on any atom is 0.243 e. The van der Waals surface area contributed by atoms with Gasteiger partial charge < -0.3 is 10.6 Å². The molecule has 1 fully saturated rings. The molecular weight excluding hydrogens is 334 g/mol. The maximum absolute atomic E-state index is 12.3. The van der Waals surface area contributed by atoms with Crippen LogP contribution in [0.4, 0.5) is 11.4 Å². The molecule has 0 saturated heterocycles. The quantitative estimate of drug-likeness (QED) is 0.740. The van der Waals surface area contributed by atoms with Crippen molar-refractivity contribution in [3.63, 3.8) is 0 Å². The summed E-state index contributed by atoms with van der Waals surface area (Å²) < 4.78 is 0. The zero-order valence-corrected chi connectivity index (χ0v) is 16.5. The van der Waals surface area contributed by atoms with Gasteiger partial charge in [-0.05, 0) is 50.1 Å². The van der Waals surface area contributed by atoms with E-state index in [0.717, 1.165) is 23.5 Å². The summed E-state index contributed by atoms with van der Waals surface area (Å²) in [5.74, 6) is -0.0280. The second-order valence-corrected chi connectivity index (χ2v) is 7.58. The van der Waals surface area contributed by atoms with Crippen LogP contribution in [0.2, 0.25) is 0 Å². The van der Waals surface area contributed by atoms with Gasteiger partial charge in [-0.3, -0.25) is 9.69 Å². The SMILES string of the molecule is Cc1ccccc1NC(=O)CNc1ccccc1CN(C)C1CCCCC1. The van der Waals surface area contributed by atoms with E-state index in [9.17, 15) is 4.79 Å². The maximum atomic E-state index is 12.3. The number of carbonyl (C=O) groups excluding carboxylic acids is 1. The smallest absolute Gasteiger partial charge is 0.243 e. The lowest BCUT2D eigenvalue weighted by Gasteiger charge is -2.31. The Morgan fingerprint density at radius 2 is 1.67 bits per heavy atom. The molecule has 1 aliphatic carbocycles. The minimum Gasteiger partial charge on any atom is -0.376 e. The Morgan fingerprint density at radius 3 is 2.41 bits per heavy atom. The van der Waals surface area contributed by atoms with Gasteiger partial charge in [0.25, 0.3) is 0 Å². The van der Waals surface area contributed by atoms with E-state index in [1.165, 1.54) is 37.7 Å². The van der Waals surface area contributed by atoms with E-state index in [0.29, 0.717) is 6.04 Å². The fourth-order valence-corrected chi connectivity index (χ4v) is 3.83. The minimum atomic E-state index is -0.0280. The highest BCUT2D eigenvalue weighted by Gasteiger charge is 2.18. The first kappa shape index (κ1) is 19.4. The van der Waals surface area contributed by atoms with Gasteiger partial charge in [-0.15, -0.1) is 0 Å². The molecule has 4 nitrogen and oxygen atoms in total. The number of carbonyl (C=O) groups is 1. The van der Waals surface area contributed by atoms with Gasteiger partial charge in [-0.1, -0.05) is 55.7 Å². The summed E-state index contributed by atoms with van der Waals surface area (Å²) in [5, 5.41) is 6.30. The fourth-order valence-electron chi connectivity index (χ4n) is 3.83. The Kier molecular flexibility index (Phi) is 6.88. The van der Waals surface area contributed by atoms with Gasteiger partial charge in [0.1, 0.15) is 0 Å². The first-order valence-corrected chi connectivity index (χ1v) is 10.0. The molecule has 2 N–H and O–H groups in total. The molecule has 0 bridgehead atoms. The fraction of sp³-hybridized carbons (Fsp3) is 0.435. The van der Waals surface area contributed by atoms with Gasteiger partial charge in [0, 0.05) is 24.0 Å². The molecule has 0 radical (unpaired) electrons. The van der Waals surface area contributed by atoms with E-state index in [1.807, 2.05) is 37.3 Å². The molecule has 3 rings (SSSR count).